The Bertz CT molecular complexity index is 2380. The highest BCUT2D eigenvalue weighted by atomic mass is 16.6. The Kier molecular flexibility index (Phi) is 14.9. The Labute approximate surface area is 395 Å². The van der Waals surface area contributed by atoms with E-state index in [-0.39, 0.29) is 41.9 Å². The number of aliphatic hydroxyl groups excluding tert-OH is 1. The number of nitrogens with one attached hydrogen (secondary N) is 1. The van der Waals surface area contributed by atoms with Crippen LogP contribution >= 0.6 is 0 Å². The molecule has 366 valence electrons. The number of fused-ring (bicyclic) bond motifs is 5. The maximum Gasteiger partial charge on any atom is 0.410 e. The smallest absolute Gasteiger partial charge is 0.410 e. The highest BCUT2D eigenvalue weighted by Gasteiger charge is 2.78. The number of Topliss-reactive ketones (excluding diaryl/α,β-unsaturated/α-hetero) is 1. The van der Waals surface area contributed by atoms with Crippen LogP contribution in [0.5, 0.6) is 0 Å². The van der Waals surface area contributed by atoms with Gasteiger partial charge in [-0.2, -0.15) is 0 Å². The number of nitrogens with zero attached hydrogens (tertiary/aromatic N) is 1. The number of hydrogen-bond donors (Lipinski definition) is 3. The third-order valence-electron chi connectivity index (χ3n) is 14.2. The maximum atomic E-state index is 15.7. The van der Waals surface area contributed by atoms with Crippen molar-refractivity contribution in [2.24, 2.45) is 16.7 Å². The van der Waals surface area contributed by atoms with E-state index in [1.807, 2.05) is 6.92 Å². The fourth-order valence-corrected chi connectivity index (χ4v) is 10.6. The molecule has 3 N–H and O–H groups in total. The predicted molar refractivity (Wildman–Crippen MR) is 243 cm³/mol. The van der Waals surface area contributed by atoms with Crippen LogP contribution in [0.15, 0.2) is 96.1 Å². The van der Waals surface area contributed by atoms with Crippen molar-refractivity contribution < 1.29 is 72.2 Å². The summed E-state index contributed by atoms with van der Waals surface area (Å²) in [7, 11) is 1.47. The molecule has 2 aromatic carbocycles. The van der Waals surface area contributed by atoms with Crippen LogP contribution in [0.1, 0.15) is 96.6 Å². The van der Waals surface area contributed by atoms with Crippen LogP contribution in [0.25, 0.3) is 0 Å². The summed E-state index contributed by atoms with van der Waals surface area (Å²) in [6, 6.07) is 14.7. The Morgan fingerprint density at radius 1 is 0.971 bits per heavy atom. The first-order valence-electron chi connectivity index (χ1n) is 22.7. The van der Waals surface area contributed by atoms with Crippen molar-refractivity contribution in [1.29, 1.82) is 0 Å². The molecule has 2 amide bonds. The molecule has 11 atom stereocenters. The molecule has 68 heavy (non-hydrogen) atoms. The molecule has 17 heteroatoms. The van der Waals surface area contributed by atoms with Crippen molar-refractivity contribution in [3.05, 3.63) is 107 Å². The molecule has 2 saturated carbocycles. The predicted octanol–water partition coefficient (Wildman–Crippen LogP) is 5.04. The summed E-state index contributed by atoms with van der Waals surface area (Å²) in [5.41, 5.74) is -7.53. The molecule has 1 heterocycles. The first kappa shape index (κ1) is 51.2. The van der Waals surface area contributed by atoms with Gasteiger partial charge in [0.25, 0.3) is 5.91 Å². The number of benzene rings is 2. The lowest BCUT2D eigenvalue weighted by Crippen LogP contribution is -2.82. The zero-order valence-corrected chi connectivity index (χ0v) is 39.9. The zero-order valence-electron chi connectivity index (χ0n) is 39.9. The van der Waals surface area contributed by atoms with E-state index < -0.39 is 119 Å². The Balaban J connectivity index is 1.59. The highest BCUT2D eigenvalue weighted by Crippen LogP contribution is 2.64. The monoisotopic (exact) mass is 942 g/mol. The van der Waals surface area contributed by atoms with Crippen molar-refractivity contribution in [2.45, 2.75) is 129 Å². The van der Waals surface area contributed by atoms with Crippen LogP contribution in [0.4, 0.5) is 4.79 Å². The summed E-state index contributed by atoms with van der Waals surface area (Å²) in [6.07, 6.45) is -8.01. The van der Waals surface area contributed by atoms with Gasteiger partial charge in [-0.15, -0.1) is 0 Å². The summed E-state index contributed by atoms with van der Waals surface area (Å²) in [5.74, 6) is -7.04. The molecule has 17 nitrogen and oxygen atoms in total. The minimum absolute atomic E-state index is 0.0233. The lowest BCUT2D eigenvalue weighted by Gasteiger charge is -2.67. The van der Waals surface area contributed by atoms with Gasteiger partial charge in [0.15, 0.2) is 17.5 Å². The van der Waals surface area contributed by atoms with Gasteiger partial charge in [0.1, 0.15) is 30.0 Å². The van der Waals surface area contributed by atoms with E-state index in [9.17, 15) is 34.2 Å². The number of ketones is 1. The molecule has 0 aromatic heterocycles. The number of aliphatic hydroxyl groups is 2. The molecule has 2 bridgehead atoms. The van der Waals surface area contributed by atoms with Gasteiger partial charge in [-0.1, -0.05) is 88.0 Å². The van der Waals surface area contributed by atoms with Crippen LogP contribution in [0.3, 0.4) is 0 Å². The first-order valence-corrected chi connectivity index (χ1v) is 22.7. The molecule has 1 saturated heterocycles. The molecule has 3 fully saturated rings. The largest absolute Gasteiger partial charge is 0.455 e. The summed E-state index contributed by atoms with van der Waals surface area (Å²) in [5, 5.41) is 28.8. The second kappa shape index (κ2) is 19.8. The number of carbonyl (C=O) groups is 7. The number of hydrogen-bond acceptors (Lipinski definition) is 15. The minimum atomic E-state index is -2.45. The molecule has 0 radical (unpaired) electrons. The van der Waals surface area contributed by atoms with E-state index in [1.54, 1.807) is 75.4 Å². The van der Waals surface area contributed by atoms with Crippen molar-refractivity contribution in [3.63, 3.8) is 0 Å². The van der Waals surface area contributed by atoms with E-state index in [4.69, 9.17) is 28.4 Å². The van der Waals surface area contributed by atoms with Gasteiger partial charge in [-0.3, -0.25) is 19.2 Å². The third-order valence-corrected chi connectivity index (χ3v) is 14.2. The van der Waals surface area contributed by atoms with Crippen LogP contribution in [0, 0.1) is 16.7 Å². The van der Waals surface area contributed by atoms with Crippen LogP contribution < -0.4 is 5.32 Å². The number of amides is 2. The molecular formula is C51H62N2O15. The lowest BCUT2D eigenvalue weighted by molar-refractivity contribution is -0.346. The highest BCUT2D eigenvalue weighted by molar-refractivity contribution is 5.97. The second-order valence-corrected chi connectivity index (χ2v) is 18.8. The van der Waals surface area contributed by atoms with Crippen molar-refractivity contribution >= 4 is 41.7 Å². The summed E-state index contributed by atoms with van der Waals surface area (Å²) >= 11 is 0. The van der Waals surface area contributed by atoms with Crippen LogP contribution in [0.2, 0.25) is 0 Å². The van der Waals surface area contributed by atoms with Gasteiger partial charge >= 0.3 is 30.0 Å². The summed E-state index contributed by atoms with van der Waals surface area (Å²) in [4.78, 5) is 100. The fraction of sp³-hybridized carbons (Fsp3) is 0.510. The van der Waals surface area contributed by atoms with Crippen molar-refractivity contribution in [2.75, 3.05) is 20.2 Å². The SMILES string of the molecule is C=C(/C=C\C)C(=O)N[C@@H](c1ccccc1)[C@@H](OC(=O)N(C)CCC)C(=O)O[C@H]1C[C@@]2(O)[C@@H](OC(=O)c3ccccc3)[C@H]3C(C)(C(=O)[C@H](OC(C)=O)C(=C1C)C2(C)C)[C@@H](O)C[C@H]1OC[C@]13OC(C)=O. The maximum absolute atomic E-state index is 15.7. The molecule has 2 aromatic rings. The molecular weight excluding hydrogens is 881 g/mol. The van der Waals surface area contributed by atoms with E-state index in [1.165, 1.54) is 44.0 Å². The zero-order chi connectivity index (χ0) is 50.1. The Morgan fingerprint density at radius 2 is 1.60 bits per heavy atom. The Hall–Kier alpha value is -6.17. The minimum Gasteiger partial charge on any atom is -0.455 e. The van der Waals surface area contributed by atoms with Crippen LogP contribution in [-0.2, 0) is 52.4 Å². The molecule has 3 aliphatic carbocycles. The molecule has 4 aliphatic rings. The summed E-state index contributed by atoms with van der Waals surface area (Å²) in [6.45, 7) is 15.5. The number of allylic oxidation sites excluding steroid dienone is 1. The average molecular weight is 943 g/mol. The number of ether oxygens (including phenoxy) is 6. The van der Waals surface area contributed by atoms with Gasteiger partial charge in [0.05, 0.1) is 29.6 Å². The van der Waals surface area contributed by atoms with Gasteiger partial charge in [-0.25, -0.2) is 14.4 Å². The standard InChI is InChI=1S/C51H62N2O15/c1-11-19-28(3)44(58)52-38(32-20-15-13-16-21-32)40(66-47(61)53(10)24-12-2)46(60)65-34-26-51(62)43(67-45(59)33-22-17-14-18-23-33)41-49(9,35(56)25-36-50(41,27-63-36)68-31(6)55)42(57)39(64-30(5)54)37(29(34)4)48(51,7)8/h11,13-23,34-36,38-41,43,56,62H,3,12,24-27H2,1-2,4-10H3,(H,52,58)/b19-11-/t34-,35-,36+,38-,39+,40+,41-,43-,49?,50-,51+/m0/s1. The van der Waals surface area contributed by atoms with Gasteiger partial charge in [0.2, 0.25) is 6.10 Å². The normalized spacial score (nSPS) is 30.1. The molecule has 0 spiro atoms. The number of esters is 4. The first-order chi connectivity index (χ1) is 32.0. The second-order valence-electron chi connectivity index (χ2n) is 18.8. The van der Waals surface area contributed by atoms with Crippen molar-refractivity contribution in [1.82, 2.24) is 10.2 Å². The topological polar surface area (TPSA) is 231 Å². The Morgan fingerprint density at radius 3 is 2.16 bits per heavy atom. The van der Waals surface area contributed by atoms with Gasteiger partial charge < -0.3 is 48.9 Å². The number of carbonyl (C=O) groups excluding carboxylic acids is 7. The third kappa shape index (κ3) is 9.10. The van der Waals surface area contributed by atoms with Crippen molar-refractivity contribution in [3.8, 4) is 0 Å². The average Bonchev–Trinajstić information content (AvgIpc) is 3.28. The fourth-order valence-electron chi connectivity index (χ4n) is 10.6. The van der Waals surface area contributed by atoms with E-state index in [2.05, 4.69) is 11.9 Å². The quantitative estimate of drug-likeness (QED) is 0.0741. The lowest BCUT2D eigenvalue weighted by atomic mass is 9.44. The van der Waals surface area contributed by atoms with Gasteiger partial charge in [0, 0.05) is 51.3 Å². The molecule has 1 aliphatic heterocycles. The number of rotatable bonds is 14. The van der Waals surface area contributed by atoms with Gasteiger partial charge in [-0.05, 0) is 56.0 Å². The molecule has 6 rings (SSSR count). The van der Waals surface area contributed by atoms with E-state index in [0.29, 0.717) is 12.0 Å². The van der Waals surface area contributed by atoms with E-state index in [0.717, 1.165) is 13.8 Å². The van der Waals surface area contributed by atoms with Crippen LogP contribution in [-0.4, -0.2) is 125 Å². The van der Waals surface area contributed by atoms with E-state index >= 15 is 9.59 Å². The molecule has 1 unspecified atom stereocenters. The summed E-state index contributed by atoms with van der Waals surface area (Å²) < 4.78 is 36.7.